The molecule has 3 aromatic carbocycles. The molecule has 31 heavy (non-hydrogen) atoms. The lowest BCUT2D eigenvalue weighted by Crippen LogP contribution is -2.18. The fourth-order valence-corrected chi connectivity index (χ4v) is 8.31. The van der Waals surface area contributed by atoms with E-state index in [0.717, 1.165) is 31.4 Å². The van der Waals surface area contributed by atoms with E-state index in [1.165, 1.54) is 27.1 Å². The number of unbranched alkanes of at least 4 members (excludes halogenated alkanes) is 1. The molecule has 0 N–H and O–H groups in total. The van der Waals surface area contributed by atoms with Gasteiger partial charge in [-0.25, -0.2) is 0 Å². The van der Waals surface area contributed by atoms with E-state index in [4.69, 9.17) is 16.5 Å². The van der Waals surface area contributed by atoms with Gasteiger partial charge in [0, 0.05) is 6.04 Å². The lowest BCUT2D eigenvalue weighted by Gasteiger charge is -2.29. The zero-order chi connectivity index (χ0) is 22.1. The zero-order valence-corrected chi connectivity index (χ0v) is 20.2. The highest BCUT2D eigenvalue weighted by Gasteiger charge is 2.29. The van der Waals surface area contributed by atoms with Crippen LogP contribution in [-0.4, -0.2) is 7.11 Å². The van der Waals surface area contributed by atoms with Gasteiger partial charge in [-0.3, -0.25) is 0 Å². The van der Waals surface area contributed by atoms with E-state index in [1.54, 1.807) is 7.11 Å². The highest BCUT2D eigenvalue weighted by molar-refractivity contribution is 8.24. The molecule has 0 radical (unpaired) electrons. The fraction of sp³-hybridized carbons (Fsp3) is 0.214. The van der Waals surface area contributed by atoms with Crippen LogP contribution in [0.25, 0.3) is 5.57 Å². The van der Waals surface area contributed by atoms with Gasteiger partial charge in [0.1, 0.15) is 5.75 Å². The van der Waals surface area contributed by atoms with E-state index < -0.39 is 6.04 Å². The number of methoxy groups -OCH3 is 1. The summed E-state index contributed by atoms with van der Waals surface area (Å²) >= 11 is 6.68. The topological polar surface area (TPSA) is 9.23 Å². The van der Waals surface area contributed by atoms with Gasteiger partial charge in [-0.2, -0.15) is 0 Å². The summed E-state index contributed by atoms with van der Waals surface area (Å²) < 4.78 is 5.40. The fourth-order valence-electron chi connectivity index (χ4n) is 3.92. The van der Waals surface area contributed by atoms with Gasteiger partial charge >= 0.3 is 0 Å². The Morgan fingerprint density at radius 2 is 1.45 bits per heavy atom. The molecule has 0 unspecified atom stereocenters. The Hall–Kier alpha value is -2.41. The van der Waals surface area contributed by atoms with Crippen LogP contribution in [0.1, 0.15) is 38.2 Å². The Kier molecular flexibility index (Phi) is 8.46. The quantitative estimate of drug-likeness (QED) is 0.239. The summed E-state index contributed by atoms with van der Waals surface area (Å²) in [7, 11) is 1.70. The summed E-state index contributed by atoms with van der Waals surface area (Å²) in [6.45, 7) is 6.34. The average molecular weight is 447 g/mol. The Morgan fingerprint density at radius 1 is 0.903 bits per heavy atom. The van der Waals surface area contributed by atoms with Crippen molar-refractivity contribution in [1.29, 1.82) is 0 Å². The largest absolute Gasteiger partial charge is 0.497 e. The van der Waals surface area contributed by atoms with Crippen molar-refractivity contribution >= 4 is 34.0 Å². The first-order valence-electron chi connectivity index (χ1n) is 10.8. The van der Waals surface area contributed by atoms with Gasteiger partial charge in [-0.15, -0.1) is 6.58 Å². The molecule has 0 saturated carbocycles. The van der Waals surface area contributed by atoms with Gasteiger partial charge in [0.2, 0.25) is 0 Å². The second-order valence-electron chi connectivity index (χ2n) is 7.53. The van der Waals surface area contributed by atoms with Gasteiger partial charge in [-0.05, 0) is 58.5 Å². The number of benzene rings is 3. The molecule has 3 heteroatoms. The number of hydrogen-bond donors (Lipinski definition) is 0. The van der Waals surface area contributed by atoms with Crippen molar-refractivity contribution in [2.45, 2.75) is 32.6 Å². The van der Waals surface area contributed by atoms with Crippen LogP contribution < -0.4 is 15.3 Å². The molecule has 0 saturated heterocycles. The highest BCUT2D eigenvalue weighted by Crippen LogP contribution is 2.57. The summed E-state index contributed by atoms with van der Waals surface area (Å²) in [5.41, 5.74) is 2.59. The Balaban J connectivity index is 2.33. The third-order valence-corrected chi connectivity index (χ3v) is 10.7. The lowest BCUT2D eigenvalue weighted by molar-refractivity contribution is 0.415. The summed E-state index contributed by atoms with van der Waals surface area (Å²) in [6, 6.07) is 27.5. The number of ether oxygens (including phenoxy) is 1. The first kappa shape index (κ1) is 23.3. The molecule has 0 aliphatic heterocycles. The molecule has 1 nitrogen and oxygen atoms in total. The van der Waals surface area contributed by atoms with Crippen LogP contribution in [0.2, 0.25) is 0 Å². The van der Waals surface area contributed by atoms with Crippen LogP contribution in [0.4, 0.5) is 0 Å². The first-order chi connectivity index (χ1) is 15.1. The van der Waals surface area contributed by atoms with Crippen LogP contribution in [0.3, 0.4) is 0 Å². The van der Waals surface area contributed by atoms with Crippen molar-refractivity contribution in [2.24, 2.45) is 0 Å². The molecule has 0 spiro atoms. The Morgan fingerprint density at radius 3 is 1.90 bits per heavy atom. The molecule has 0 bridgehead atoms. The molecule has 0 aromatic heterocycles. The van der Waals surface area contributed by atoms with Crippen LogP contribution in [-0.2, 0) is 11.8 Å². The molecule has 3 rings (SSSR count). The number of hydrogen-bond acceptors (Lipinski definition) is 2. The minimum absolute atomic E-state index is 0.784. The van der Waals surface area contributed by atoms with Crippen molar-refractivity contribution in [3.63, 3.8) is 0 Å². The minimum Gasteiger partial charge on any atom is -0.497 e. The van der Waals surface area contributed by atoms with E-state index in [1.807, 2.05) is 18.2 Å². The van der Waals surface area contributed by atoms with E-state index >= 15 is 0 Å². The van der Waals surface area contributed by atoms with Crippen molar-refractivity contribution in [1.82, 2.24) is 0 Å². The van der Waals surface area contributed by atoms with Crippen molar-refractivity contribution in [3.8, 4) is 5.75 Å². The van der Waals surface area contributed by atoms with E-state index in [2.05, 4.69) is 86.3 Å². The van der Waals surface area contributed by atoms with Crippen LogP contribution in [0.15, 0.2) is 103 Å². The van der Waals surface area contributed by atoms with Gasteiger partial charge in [0.15, 0.2) is 0 Å². The molecule has 160 valence electrons. The average Bonchev–Trinajstić information content (AvgIpc) is 2.84. The third-order valence-electron chi connectivity index (χ3n) is 5.52. The molecule has 0 aliphatic carbocycles. The van der Waals surface area contributed by atoms with E-state index in [-0.39, 0.29) is 0 Å². The van der Waals surface area contributed by atoms with Gasteiger partial charge in [0.25, 0.3) is 0 Å². The molecule has 0 amide bonds. The molecule has 0 heterocycles. The normalized spacial score (nSPS) is 12.2. The van der Waals surface area contributed by atoms with E-state index in [9.17, 15) is 0 Å². The molecule has 0 aliphatic rings. The third kappa shape index (κ3) is 5.26. The lowest BCUT2D eigenvalue weighted by atomic mass is 9.99. The molecular weight excluding hydrogens is 415 g/mol. The summed E-state index contributed by atoms with van der Waals surface area (Å²) in [4.78, 5) is 0. The van der Waals surface area contributed by atoms with E-state index in [0.29, 0.717) is 0 Å². The Labute approximate surface area is 192 Å². The predicted octanol–water partition coefficient (Wildman–Crippen LogP) is 7.30. The predicted molar refractivity (Wildman–Crippen MR) is 141 cm³/mol. The second kappa shape index (κ2) is 11.3. The summed E-state index contributed by atoms with van der Waals surface area (Å²) in [5, 5.41) is 3.81. The number of allylic oxidation sites excluding steroid dienone is 3. The summed E-state index contributed by atoms with van der Waals surface area (Å²) in [6.07, 6.45) is 6.06. The molecule has 0 fully saturated rings. The van der Waals surface area contributed by atoms with Gasteiger partial charge in [0.05, 0.1) is 7.11 Å². The van der Waals surface area contributed by atoms with Crippen molar-refractivity contribution in [3.05, 3.63) is 108 Å². The molecular formula is C28H31OPS. The second-order valence-corrected chi connectivity index (χ2v) is 12.0. The molecule has 3 aromatic rings. The van der Waals surface area contributed by atoms with Crippen LogP contribution >= 0.6 is 6.04 Å². The highest BCUT2D eigenvalue weighted by atomic mass is 32.4. The SMILES string of the molecule is C=CC/C(=C(/CCCC)c1ccc(OC)cc1)P(=S)(c1ccccc1)c1ccccc1. The maximum absolute atomic E-state index is 6.68. The smallest absolute Gasteiger partial charge is 0.118 e. The van der Waals surface area contributed by atoms with Gasteiger partial charge < -0.3 is 4.74 Å². The standard InChI is InChI=1S/C28H31OPS/c1-4-6-18-27(23-19-21-24(29-3)22-20-23)28(13-5-2)30(31,25-14-9-7-10-15-25)26-16-11-8-12-17-26/h5,7-12,14-17,19-22H,2,4,6,13,18H2,1,3H3/b28-27+. The summed E-state index contributed by atoms with van der Waals surface area (Å²) in [5.74, 6) is 0.870. The number of rotatable bonds is 10. The van der Waals surface area contributed by atoms with Gasteiger partial charge in [-0.1, -0.05) is 104 Å². The Bertz CT molecular complexity index is 1010. The first-order valence-corrected chi connectivity index (χ1v) is 13.6. The molecule has 0 atom stereocenters. The monoisotopic (exact) mass is 446 g/mol. The maximum atomic E-state index is 6.68. The minimum atomic E-state index is -2.22. The van der Waals surface area contributed by atoms with Crippen molar-refractivity contribution in [2.75, 3.05) is 7.11 Å². The zero-order valence-electron chi connectivity index (χ0n) is 18.5. The van der Waals surface area contributed by atoms with Crippen LogP contribution in [0, 0.1) is 0 Å². The van der Waals surface area contributed by atoms with Crippen LogP contribution in [0.5, 0.6) is 5.75 Å². The van der Waals surface area contributed by atoms with Crippen molar-refractivity contribution < 1.29 is 4.74 Å². The maximum Gasteiger partial charge on any atom is 0.118 e.